The third kappa shape index (κ3) is 5.27. The molecule has 0 atom stereocenters. The second-order valence-corrected chi connectivity index (χ2v) is 4.77. The molecule has 0 radical (unpaired) electrons. The van der Waals surface area contributed by atoms with Gasteiger partial charge in [-0.15, -0.1) is 0 Å². The number of amides is 1. The van der Waals surface area contributed by atoms with Crippen molar-refractivity contribution in [3.63, 3.8) is 0 Å². The van der Waals surface area contributed by atoms with Crippen molar-refractivity contribution in [2.24, 2.45) is 5.73 Å². The third-order valence-corrected chi connectivity index (χ3v) is 3.23. The Morgan fingerprint density at radius 2 is 1.20 bits per heavy atom. The summed E-state index contributed by atoms with van der Waals surface area (Å²) in [6.45, 7) is 0. The maximum absolute atomic E-state index is 10.7. The minimum Gasteiger partial charge on any atom is -0.370 e. The maximum atomic E-state index is 10.7. The number of carbonyl (C=O) groups is 1. The molecule has 0 aliphatic heterocycles. The lowest BCUT2D eigenvalue weighted by Gasteiger charge is -2.04. The Morgan fingerprint density at radius 1 is 0.750 bits per heavy atom. The van der Waals surface area contributed by atoms with Crippen LogP contribution in [0.2, 0.25) is 0 Å². The summed E-state index contributed by atoms with van der Waals surface area (Å²) < 4.78 is 0. The van der Waals surface area contributed by atoms with Crippen molar-refractivity contribution < 1.29 is 4.79 Å². The highest BCUT2D eigenvalue weighted by atomic mass is 16.1. The molecule has 0 bridgehead atoms. The van der Waals surface area contributed by atoms with Crippen molar-refractivity contribution in [1.29, 1.82) is 0 Å². The smallest absolute Gasteiger partial charge is 0.217 e. The van der Waals surface area contributed by atoms with Gasteiger partial charge in [-0.3, -0.25) is 4.79 Å². The van der Waals surface area contributed by atoms with Crippen LogP contribution in [-0.2, 0) is 24.1 Å². The van der Waals surface area contributed by atoms with Gasteiger partial charge in [0.15, 0.2) is 0 Å². The van der Waals surface area contributed by atoms with E-state index in [4.69, 9.17) is 5.73 Å². The number of hydrogen-bond acceptors (Lipinski definition) is 1. The van der Waals surface area contributed by atoms with Crippen molar-refractivity contribution in [2.75, 3.05) is 0 Å². The molecule has 106 valence electrons. The average molecular weight is 269 g/mol. The largest absolute Gasteiger partial charge is 0.370 e. The molecule has 0 heterocycles. The van der Waals surface area contributed by atoms with Crippen LogP contribution < -0.4 is 5.73 Å². The molecule has 0 unspecified atom stereocenters. The first-order valence-corrected chi connectivity index (χ1v) is 6.64. The summed E-state index contributed by atoms with van der Waals surface area (Å²) in [4.78, 5) is 10.7. The lowest BCUT2D eigenvalue weighted by Crippen LogP contribution is -2.11. The number of carbonyl (C=O) groups excluding carboxylic acids is 1. The van der Waals surface area contributed by atoms with Gasteiger partial charge in [0, 0.05) is 6.42 Å². The molecule has 20 heavy (non-hydrogen) atoms. The molecule has 0 fully saturated rings. The first-order valence-electron chi connectivity index (χ1n) is 6.64. The zero-order valence-electron chi connectivity index (χ0n) is 11.0. The fourth-order valence-corrected chi connectivity index (χ4v) is 2.07. The Hall–Kier alpha value is -2.09. The normalized spacial score (nSPS) is 9.80. The summed E-state index contributed by atoms with van der Waals surface area (Å²) >= 11 is 0. The first-order chi connectivity index (χ1) is 9.24. The number of benzene rings is 2. The van der Waals surface area contributed by atoms with Crippen LogP contribution in [0.3, 0.4) is 0 Å². The highest BCUT2D eigenvalue weighted by Crippen LogP contribution is 2.10. The van der Waals surface area contributed by atoms with Crippen LogP contribution >= 0.6 is 0 Å². The van der Waals surface area contributed by atoms with Gasteiger partial charge in [-0.2, -0.15) is 0 Å². The third-order valence-electron chi connectivity index (χ3n) is 3.23. The minimum atomic E-state index is -0.242. The fourth-order valence-electron chi connectivity index (χ4n) is 2.07. The quantitative estimate of drug-likeness (QED) is 0.856. The number of rotatable bonds is 6. The molecule has 1 amide bonds. The van der Waals surface area contributed by atoms with Crippen LogP contribution in [-0.4, -0.2) is 5.91 Å². The van der Waals surface area contributed by atoms with Crippen molar-refractivity contribution >= 4 is 5.91 Å². The minimum absolute atomic E-state index is 0. The van der Waals surface area contributed by atoms with E-state index in [1.807, 2.05) is 6.07 Å². The standard InChI is InChI=1S/C17H19NO.CH4/c18-17(19)13-12-16-10-8-15(9-11-16)7-6-14-4-2-1-3-5-14;/h1-5,8-11H,6-7,12-13H2,(H2,18,19);1H4. The van der Waals surface area contributed by atoms with E-state index in [-0.39, 0.29) is 13.3 Å². The molecule has 0 aromatic heterocycles. The van der Waals surface area contributed by atoms with E-state index in [2.05, 4.69) is 48.5 Å². The average Bonchev–Trinajstić information content (AvgIpc) is 2.45. The summed E-state index contributed by atoms with van der Waals surface area (Å²) in [6.07, 6.45) is 3.25. The number of hydrogen-bond donors (Lipinski definition) is 1. The molecule has 0 aliphatic carbocycles. The molecule has 2 nitrogen and oxygen atoms in total. The predicted octanol–water partition coefficient (Wildman–Crippen LogP) is 3.53. The zero-order chi connectivity index (χ0) is 13.5. The predicted molar refractivity (Wildman–Crippen MR) is 84.5 cm³/mol. The van der Waals surface area contributed by atoms with Crippen LogP contribution in [0.5, 0.6) is 0 Å². The Labute approximate surface area is 121 Å². The van der Waals surface area contributed by atoms with Crippen molar-refractivity contribution in [1.82, 2.24) is 0 Å². The van der Waals surface area contributed by atoms with Gasteiger partial charge in [-0.05, 0) is 36.0 Å². The lowest BCUT2D eigenvalue weighted by molar-refractivity contribution is -0.117. The monoisotopic (exact) mass is 269 g/mol. The topological polar surface area (TPSA) is 43.1 Å². The van der Waals surface area contributed by atoms with Gasteiger partial charge in [0.2, 0.25) is 5.91 Å². The second kappa shape index (κ2) is 8.16. The van der Waals surface area contributed by atoms with Crippen molar-refractivity contribution in [2.45, 2.75) is 33.1 Å². The lowest BCUT2D eigenvalue weighted by atomic mass is 10.0. The summed E-state index contributed by atoms with van der Waals surface area (Å²) in [7, 11) is 0. The van der Waals surface area contributed by atoms with E-state index in [1.54, 1.807) is 0 Å². The van der Waals surface area contributed by atoms with Gasteiger partial charge in [-0.1, -0.05) is 62.0 Å². The van der Waals surface area contributed by atoms with E-state index < -0.39 is 0 Å². The number of nitrogens with two attached hydrogens (primary N) is 1. The van der Waals surface area contributed by atoms with Gasteiger partial charge in [0.25, 0.3) is 0 Å². The number of aryl methyl sites for hydroxylation is 3. The van der Waals surface area contributed by atoms with E-state index in [1.165, 1.54) is 16.7 Å². The molecule has 0 aliphatic rings. The summed E-state index contributed by atoms with van der Waals surface area (Å²) in [5.41, 5.74) is 9.00. The highest BCUT2D eigenvalue weighted by Gasteiger charge is 1.99. The van der Waals surface area contributed by atoms with Gasteiger partial charge in [0.05, 0.1) is 0 Å². The molecule has 0 saturated carbocycles. The van der Waals surface area contributed by atoms with Gasteiger partial charge in [0.1, 0.15) is 0 Å². The summed E-state index contributed by atoms with van der Waals surface area (Å²) in [5.74, 6) is -0.242. The summed E-state index contributed by atoms with van der Waals surface area (Å²) in [6, 6.07) is 18.9. The molecule has 2 heteroatoms. The highest BCUT2D eigenvalue weighted by molar-refractivity contribution is 5.73. The van der Waals surface area contributed by atoms with E-state index in [0.717, 1.165) is 19.3 Å². The maximum Gasteiger partial charge on any atom is 0.217 e. The van der Waals surface area contributed by atoms with Gasteiger partial charge >= 0.3 is 0 Å². The zero-order valence-corrected chi connectivity index (χ0v) is 11.0. The molecule has 2 rings (SSSR count). The Morgan fingerprint density at radius 3 is 1.70 bits per heavy atom. The van der Waals surface area contributed by atoms with E-state index in [9.17, 15) is 4.79 Å². The molecule has 2 aromatic rings. The van der Waals surface area contributed by atoms with Crippen molar-refractivity contribution in [3.8, 4) is 0 Å². The van der Waals surface area contributed by atoms with Crippen LogP contribution in [0.25, 0.3) is 0 Å². The molecule has 2 aromatic carbocycles. The SMILES string of the molecule is C.NC(=O)CCc1ccc(CCc2ccccc2)cc1. The molecule has 2 N–H and O–H groups in total. The van der Waals surface area contributed by atoms with Crippen LogP contribution in [0.1, 0.15) is 30.5 Å². The fraction of sp³-hybridized carbons (Fsp3) is 0.278. The summed E-state index contributed by atoms with van der Waals surface area (Å²) in [5, 5.41) is 0. The van der Waals surface area contributed by atoms with E-state index >= 15 is 0 Å². The van der Waals surface area contributed by atoms with Gasteiger partial charge < -0.3 is 5.73 Å². The van der Waals surface area contributed by atoms with Crippen LogP contribution in [0.4, 0.5) is 0 Å². The Balaban J connectivity index is 0.00000200. The Kier molecular flexibility index (Phi) is 6.51. The van der Waals surface area contributed by atoms with E-state index in [0.29, 0.717) is 6.42 Å². The second-order valence-electron chi connectivity index (χ2n) is 4.77. The van der Waals surface area contributed by atoms with Crippen molar-refractivity contribution in [3.05, 3.63) is 71.3 Å². The molecular weight excluding hydrogens is 246 g/mol. The Bertz CT molecular complexity index is 517. The first kappa shape index (κ1) is 16.0. The molecular formula is C18H23NO. The number of primary amides is 1. The van der Waals surface area contributed by atoms with Gasteiger partial charge in [-0.25, -0.2) is 0 Å². The van der Waals surface area contributed by atoms with Crippen LogP contribution in [0.15, 0.2) is 54.6 Å². The molecule has 0 saturated heterocycles. The van der Waals surface area contributed by atoms with Crippen LogP contribution in [0, 0.1) is 0 Å². The molecule has 0 spiro atoms.